The minimum absolute atomic E-state index is 0.0150. The quantitative estimate of drug-likeness (QED) is 0.497. The Morgan fingerprint density at radius 3 is 2.41 bits per heavy atom. The van der Waals surface area contributed by atoms with Crippen LogP contribution in [0.2, 0.25) is 0 Å². The lowest BCUT2D eigenvalue weighted by Gasteiger charge is -2.44. The molecule has 10 nitrogen and oxygen atoms in total. The first-order chi connectivity index (χ1) is 17.7. The number of carbonyl (C=O) groups excluding carboxylic acids is 1. The number of rotatable bonds is 6. The third-order valence-electron chi connectivity index (χ3n) is 6.52. The van der Waals surface area contributed by atoms with Crippen molar-refractivity contribution in [2.24, 2.45) is 18.0 Å². The molecule has 0 N–H and O–H groups in total. The van der Waals surface area contributed by atoms with Gasteiger partial charge in [0.1, 0.15) is 5.69 Å². The zero-order valence-corrected chi connectivity index (χ0v) is 21.0. The van der Waals surface area contributed by atoms with Gasteiger partial charge >= 0.3 is 6.03 Å². The lowest BCUT2D eigenvalue weighted by Crippen LogP contribution is -2.59. The van der Waals surface area contributed by atoms with Gasteiger partial charge in [-0.25, -0.2) is 13.6 Å². The van der Waals surface area contributed by atoms with Crippen molar-refractivity contribution in [1.82, 2.24) is 19.8 Å². The first-order valence-corrected chi connectivity index (χ1v) is 11.6. The molecule has 2 aromatic heterocycles. The Labute approximate surface area is 211 Å². The summed E-state index contributed by atoms with van der Waals surface area (Å²) in [7, 11) is 4.33. The molecular weight excluding hydrogens is 486 g/mol. The van der Waals surface area contributed by atoms with E-state index in [4.69, 9.17) is 14.0 Å². The van der Waals surface area contributed by atoms with Crippen LogP contribution >= 0.6 is 0 Å². The number of ether oxygens (including phenoxy) is 2. The first-order valence-electron chi connectivity index (χ1n) is 11.6. The maximum Gasteiger partial charge on any atom is 0.325 e. The molecule has 194 valence electrons. The van der Waals surface area contributed by atoms with Crippen molar-refractivity contribution in [3.63, 3.8) is 0 Å². The lowest BCUT2D eigenvalue weighted by atomic mass is 9.91. The predicted octanol–water partition coefficient (Wildman–Crippen LogP) is 3.87. The Balaban J connectivity index is 1.60. The number of carbonyl (C=O) groups is 1. The van der Waals surface area contributed by atoms with Crippen LogP contribution in [-0.2, 0) is 13.6 Å². The summed E-state index contributed by atoms with van der Waals surface area (Å²) >= 11 is 0. The molecule has 1 fully saturated rings. The first kappa shape index (κ1) is 24.5. The molecule has 0 aliphatic carbocycles. The highest BCUT2D eigenvalue weighted by molar-refractivity contribution is 5.96. The van der Waals surface area contributed by atoms with E-state index in [1.807, 2.05) is 26.2 Å². The van der Waals surface area contributed by atoms with Crippen molar-refractivity contribution >= 4 is 23.6 Å². The van der Waals surface area contributed by atoms with Crippen molar-refractivity contribution in [2.75, 3.05) is 25.7 Å². The van der Waals surface area contributed by atoms with E-state index in [-0.39, 0.29) is 30.5 Å². The molecule has 12 heteroatoms. The van der Waals surface area contributed by atoms with Gasteiger partial charge in [0.2, 0.25) is 0 Å². The Morgan fingerprint density at radius 2 is 1.84 bits per heavy atom. The van der Waals surface area contributed by atoms with Gasteiger partial charge in [-0.3, -0.25) is 14.6 Å². The maximum absolute atomic E-state index is 15.4. The summed E-state index contributed by atoms with van der Waals surface area (Å²) < 4.78 is 48.0. The van der Waals surface area contributed by atoms with E-state index in [0.717, 1.165) is 22.2 Å². The van der Waals surface area contributed by atoms with E-state index in [0.29, 0.717) is 17.2 Å². The standard InChI is InChI=1S/C25H26F2N6O4/c1-13-6-16(37-30-13)11-32-19-7-18(17-12-31(3)29-14(17)2)28-9-15(19)10-33(25(32)34)24-22(26)20(35-4)8-21(36-5)23(24)27/h6-9,12,15,19H,10-11H2,1-5H3. The fraction of sp³-hybridized carbons (Fsp3) is 0.360. The second-order valence-corrected chi connectivity index (χ2v) is 9.00. The van der Waals surface area contributed by atoms with Gasteiger partial charge in [-0.1, -0.05) is 5.16 Å². The van der Waals surface area contributed by atoms with Crippen LogP contribution in [0.15, 0.2) is 33.9 Å². The van der Waals surface area contributed by atoms with Gasteiger partial charge in [0, 0.05) is 49.6 Å². The highest BCUT2D eigenvalue weighted by atomic mass is 19.1. The molecule has 0 radical (unpaired) electrons. The molecule has 1 aromatic carbocycles. The number of methoxy groups -OCH3 is 2. The number of aliphatic imine (C=N–C) groups is 1. The summed E-state index contributed by atoms with van der Waals surface area (Å²) in [5.41, 5.74) is 2.38. The van der Waals surface area contributed by atoms with E-state index < -0.39 is 29.4 Å². The van der Waals surface area contributed by atoms with Crippen LogP contribution in [0, 0.1) is 31.4 Å². The van der Waals surface area contributed by atoms with Gasteiger partial charge in [0.05, 0.1) is 43.9 Å². The smallest absolute Gasteiger partial charge is 0.325 e. The number of anilines is 1. The number of hydrogen-bond acceptors (Lipinski definition) is 7. The van der Waals surface area contributed by atoms with Crippen LogP contribution in [0.25, 0.3) is 5.70 Å². The van der Waals surface area contributed by atoms with E-state index in [2.05, 4.69) is 15.2 Å². The van der Waals surface area contributed by atoms with Gasteiger partial charge in [-0.05, 0) is 19.9 Å². The maximum atomic E-state index is 15.4. The van der Waals surface area contributed by atoms with Crippen molar-refractivity contribution < 1.29 is 27.6 Å². The largest absolute Gasteiger partial charge is 0.493 e. The molecule has 37 heavy (non-hydrogen) atoms. The summed E-state index contributed by atoms with van der Waals surface area (Å²) in [5, 5.41) is 8.29. The Hall–Kier alpha value is -4.22. The van der Waals surface area contributed by atoms with E-state index >= 15 is 8.78 Å². The monoisotopic (exact) mass is 512 g/mol. The van der Waals surface area contributed by atoms with Crippen LogP contribution < -0.4 is 14.4 Å². The average molecular weight is 513 g/mol. The van der Waals surface area contributed by atoms with Gasteiger partial charge < -0.3 is 18.9 Å². The molecule has 2 aliphatic rings. The van der Waals surface area contributed by atoms with Gasteiger partial charge in [0.15, 0.2) is 28.9 Å². The van der Waals surface area contributed by atoms with Crippen LogP contribution in [0.4, 0.5) is 19.3 Å². The Kier molecular flexibility index (Phi) is 6.18. The van der Waals surface area contributed by atoms with Crippen LogP contribution in [0.1, 0.15) is 22.7 Å². The van der Waals surface area contributed by atoms with Gasteiger partial charge in [0.25, 0.3) is 0 Å². The molecule has 2 aliphatic heterocycles. The zero-order valence-electron chi connectivity index (χ0n) is 21.0. The lowest BCUT2D eigenvalue weighted by molar-refractivity contribution is 0.155. The van der Waals surface area contributed by atoms with Crippen molar-refractivity contribution in [3.05, 3.63) is 58.8 Å². The SMILES string of the molecule is COc1cc(OC)c(F)c(N2CC3C=NC(c4cn(C)nc4C)=CC3N(Cc3cc(C)no3)C2=O)c1F. The predicted molar refractivity (Wildman–Crippen MR) is 131 cm³/mol. The molecule has 1 saturated heterocycles. The third-order valence-corrected chi connectivity index (χ3v) is 6.52. The molecule has 0 spiro atoms. The molecule has 2 atom stereocenters. The number of nitrogens with zero attached hydrogens (tertiary/aromatic N) is 6. The Morgan fingerprint density at radius 1 is 1.14 bits per heavy atom. The summed E-state index contributed by atoms with van der Waals surface area (Å²) in [5.74, 6) is -2.43. The minimum Gasteiger partial charge on any atom is -0.493 e. The van der Waals surface area contributed by atoms with Crippen LogP contribution in [-0.4, -0.2) is 58.9 Å². The summed E-state index contributed by atoms with van der Waals surface area (Å²) in [4.78, 5) is 21.1. The number of halogens is 2. The van der Waals surface area contributed by atoms with Crippen LogP contribution in [0.5, 0.6) is 11.5 Å². The molecule has 5 rings (SSSR count). The number of urea groups is 1. The number of amides is 2. The second-order valence-electron chi connectivity index (χ2n) is 9.00. The minimum atomic E-state index is -1.00. The third kappa shape index (κ3) is 4.21. The molecule has 4 heterocycles. The molecular formula is C25H26F2N6O4. The number of hydrogen-bond donors (Lipinski definition) is 0. The second kappa shape index (κ2) is 9.34. The molecule has 3 aromatic rings. The number of aromatic nitrogens is 3. The number of aryl methyl sites for hydroxylation is 3. The van der Waals surface area contributed by atoms with Crippen molar-refractivity contribution in [2.45, 2.75) is 26.4 Å². The van der Waals surface area contributed by atoms with Gasteiger partial charge in [-0.2, -0.15) is 5.10 Å². The normalized spacial score (nSPS) is 19.2. The fourth-order valence-corrected chi connectivity index (χ4v) is 4.78. The fourth-order valence-electron chi connectivity index (χ4n) is 4.78. The zero-order chi connectivity index (χ0) is 26.4. The summed E-state index contributed by atoms with van der Waals surface area (Å²) in [6.07, 6.45) is 5.44. The van der Waals surface area contributed by atoms with Crippen molar-refractivity contribution in [1.29, 1.82) is 0 Å². The van der Waals surface area contributed by atoms with Crippen LogP contribution in [0.3, 0.4) is 0 Å². The number of benzene rings is 1. The highest BCUT2D eigenvalue weighted by Crippen LogP contribution is 2.41. The number of fused-ring (bicyclic) bond motifs is 1. The van der Waals surface area contributed by atoms with Gasteiger partial charge in [-0.15, -0.1) is 0 Å². The van der Waals surface area contributed by atoms with E-state index in [9.17, 15) is 4.79 Å². The van der Waals surface area contributed by atoms with Crippen molar-refractivity contribution in [3.8, 4) is 11.5 Å². The molecule has 0 bridgehead atoms. The van der Waals surface area contributed by atoms with E-state index in [1.165, 1.54) is 19.1 Å². The molecule has 2 unspecified atom stereocenters. The summed E-state index contributed by atoms with van der Waals surface area (Å²) in [6, 6.07) is 1.74. The molecule has 2 amide bonds. The molecule has 0 saturated carbocycles. The Bertz CT molecular complexity index is 1400. The van der Waals surface area contributed by atoms with E-state index in [1.54, 1.807) is 23.9 Å². The average Bonchev–Trinajstić information content (AvgIpc) is 3.44. The summed E-state index contributed by atoms with van der Waals surface area (Å²) in [6.45, 7) is 3.66. The highest BCUT2D eigenvalue weighted by Gasteiger charge is 2.43. The topological polar surface area (TPSA) is 98.2 Å².